The predicted molar refractivity (Wildman–Crippen MR) is 105 cm³/mol. The molecule has 3 rings (SSSR count). The van der Waals surface area contributed by atoms with E-state index in [4.69, 9.17) is 9.47 Å². The van der Waals surface area contributed by atoms with Crippen molar-refractivity contribution in [2.75, 3.05) is 7.11 Å². The van der Waals surface area contributed by atoms with E-state index in [9.17, 15) is 4.39 Å². The topological polar surface area (TPSA) is 42.8 Å². The molecule has 0 saturated heterocycles. The fourth-order valence-electron chi connectivity index (χ4n) is 2.56. The Morgan fingerprint density at radius 3 is 2.41 bits per heavy atom. The van der Waals surface area contributed by atoms with Crippen LogP contribution in [0.3, 0.4) is 0 Å². The van der Waals surface area contributed by atoms with E-state index < -0.39 is 0 Å². The molecule has 5 heteroatoms. The molecule has 0 aromatic heterocycles. The number of benzene rings is 3. The van der Waals surface area contributed by atoms with Gasteiger partial charge in [-0.15, -0.1) is 0 Å². The van der Waals surface area contributed by atoms with Gasteiger partial charge in [-0.25, -0.2) is 4.39 Å². The van der Waals surface area contributed by atoms with Crippen molar-refractivity contribution in [3.63, 3.8) is 0 Å². The van der Waals surface area contributed by atoms with Crippen molar-refractivity contribution in [2.45, 2.75) is 13.2 Å². The molecule has 0 aliphatic rings. The van der Waals surface area contributed by atoms with Gasteiger partial charge in [0.25, 0.3) is 0 Å². The van der Waals surface area contributed by atoms with E-state index in [0.29, 0.717) is 18.9 Å². The number of nitrogens with zero attached hydrogens (tertiary/aromatic N) is 1. The number of methoxy groups -OCH3 is 1. The number of hydrogen-bond donors (Lipinski definition) is 1. The number of nitrogens with one attached hydrogen (secondary N) is 1. The van der Waals surface area contributed by atoms with Crippen LogP contribution in [-0.2, 0) is 13.2 Å². The van der Waals surface area contributed by atoms with E-state index in [0.717, 1.165) is 22.4 Å². The molecule has 0 fully saturated rings. The fourth-order valence-corrected chi connectivity index (χ4v) is 2.56. The lowest BCUT2D eigenvalue weighted by Crippen LogP contribution is -2.07. The van der Waals surface area contributed by atoms with Crippen molar-refractivity contribution in [3.8, 4) is 11.5 Å². The van der Waals surface area contributed by atoms with E-state index in [-0.39, 0.29) is 5.82 Å². The fraction of sp³-hybridized carbons (Fsp3) is 0.136. The normalized spacial score (nSPS) is 10.7. The van der Waals surface area contributed by atoms with Crippen LogP contribution in [0.2, 0.25) is 0 Å². The Morgan fingerprint density at radius 1 is 0.926 bits per heavy atom. The SMILES string of the molecule is COc1ccccc1CN/N=C/c1ccccc1OCc1ccc(F)cc1. The van der Waals surface area contributed by atoms with E-state index in [1.807, 2.05) is 48.5 Å². The summed E-state index contributed by atoms with van der Waals surface area (Å²) < 4.78 is 24.2. The second-order valence-corrected chi connectivity index (χ2v) is 5.86. The summed E-state index contributed by atoms with van der Waals surface area (Å²) in [6.45, 7) is 0.916. The molecule has 0 spiro atoms. The standard InChI is InChI=1S/C22H21FN2O2/c1-26-21-8-4-2-6-18(21)14-24-25-15-19-7-3-5-9-22(19)27-16-17-10-12-20(23)13-11-17/h2-13,15,24H,14,16H2,1H3/b25-15+. The van der Waals surface area contributed by atoms with Crippen molar-refractivity contribution in [1.29, 1.82) is 0 Å². The summed E-state index contributed by atoms with van der Waals surface area (Å²) in [4.78, 5) is 0. The van der Waals surface area contributed by atoms with Gasteiger partial charge in [-0.2, -0.15) is 5.10 Å². The third kappa shape index (κ3) is 5.31. The Hall–Kier alpha value is -3.34. The van der Waals surface area contributed by atoms with Gasteiger partial charge in [-0.3, -0.25) is 0 Å². The molecule has 3 aromatic rings. The molecule has 0 unspecified atom stereocenters. The third-order valence-corrected chi connectivity index (χ3v) is 3.98. The zero-order chi connectivity index (χ0) is 18.9. The molecule has 0 radical (unpaired) electrons. The molecule has 0 aliphatic carbocycles. The van der Waals surface area contributed by atoms with Gasteiger partial charge in [-0.05, 0) is 35.9 Å². The molecule has 27 heavy (non-hydrogen) atoms. The molecule has 0 atom stereocenters. The zero-order valence-electron chi connectivity index (χ0n) is 15.1. The molecule has 3 aromatic carbocycles. The summed E-state index contributed by atoms with van der Waals surface area (Å²) in [7, 11) is 1.65. The quantitative estimate of drug-likeness (QED) is 0.471. The van der Waals surface area contributed by atoms with Gasteiger partial charge in [0.1, 0.15) is 23.9 Å². The summed E-state index contributed by atoms with van der Waals surface area (Å²) >= 11 is 0. The summed E-state index contributed by atoms with van der Waals surface area (Å²) in [5, 5.41) is 4.28. The number of ether oxygens (including phenoxy) is 2. The molecule has 138 valence electrons. The maximum atomic E-state index is 13.0. The largest absolute Gasteiger partial charge is 0.496 e. The first-order chi connectivity index (χ1) is 13.3. The van der Waals surface area contributed by atoms with Crippen molar-refractivity contribution in [3.05, 3.63) is 95.3 Å². The minimum absolute atomic E-state index is 0.257. The number of hydrazone groups is 1. The maximum absolute atomic E-state index is 13.0. The van der Waals surface area contributed by atoms with Crippen LogP contribution < -0.4 is 14.9 Å². The lowest BCUT2D eigenvalue weighted by atomic mass is 10.2. The van der Waals surface area contributed by atoms with Crippen molar-refractivity contribution >= 4 is 6.21 Å². The minimum atomic E-state index is -0.257. The summed E-state index contributed by atoms with van der Waals surface area (Å²) in [5.74, 6) is 1.28. The van der Waals surface area contributed by atoms with Crippen LogP contribution in [0, 0.1) is 5.82 Å². The Bertz CT molecular complexity index is 895. The van der Waals surface area contributed by atoms with Gasteiger partial charge in [0.2, 0.25) is 0 Å². The summed E-state index contributed by atoms with van der Waals surface area (Å²) in [6, 6.07) is 21.7. The van der Waals surface area contributed by atoms with Gasteiger partial charge >= 0.3 is 0 Å². The number of halogens is 1. The Kier molecular flexibility index (Phi) is 6.41. The van der Waals surface area contributed by atoms with E-state index in [1.54, 1.807) is 25.5 Å². The highest BCUT2D eigenvalue weighted by molar-refractivity contribution is 5.83. The number of rotatable bonds is 8. The molecule has 1 N–H and O–H groups in total. The van der Waals surface area contributed by atoms with Gasteiger partial charge in [0.05, 0.1) is 19.9 Å². The van der Waals surface area contributed by atoms with Crippen molar-refractivity contribution in [2.24, 2.45) is 5.10 Å². The van der Waals surface area contributed by atoms with Crippen LogP contribution in [0.15, 0.2) is 77.9 Å². The number of para-hydroxylation sites is 2. The highest BCUT2D eigenvalue weighted by Gasteiger charge is 2.03. The van der Waals surface area contributed by atoms with Gasteiger partial charge in [0.15, 0.2) is 0 Å². The highest BCUT2D eigenvalue weighted by Crippen LogP contribution is 2.18. The molecule has 4 nitrogen and oxygen atoms in total. The summed E-state index contributed by atoms with van der Waals surface area (Å²) in [6.07, 6.45) is 1.72. The molecular weight excluding hydrogens is 343 g/mol. The Morgan fingerprint density at radius 2 is 1.63 bits per heavy atom. The minimum Gasteiger partial charge on any atom is -0.496 e. The molecular formula is C22H21FN2O2. The van der Waals surface area contributed by atoms with Crippen LogP contribution in [0.1, 0.15) is 16.7 Å². The van der Waals surface area contributed by atoms with Crippen molar-refractivity contribution < 1.29 is 13.9 Å². The lowest BCUT2D eigenvalue weighted by Gasteiger charge is -2.09. The average Bonchev–Trinajstić information content (AvgIpc) is 2.72. The Balaban J connectivity index is 1.60. The van der Waals surface area contributed by atoms with Crippen molar-refractivity contribution in [1.82, 2.24) is 5.43 Å². The third-order valence-electron chi connectivity index (χ3n) is 3.98. The molecule has 0 saturated carbocycles. The Labute approximate surface area is 158 Å². The second-order valence-electron chi connectivity index (χ2n) is 5.86. The monoisotopic (exact) mass is 364 g/mol. The predicted octanol–water partition coefficient (Wildman–Crippen LogP) is 4.54. The number of hydrogen-bond acceptors (Lipinski definition) is 4. The van der Waals surface area contributed by atoms with E-state index in [2.05, 4.69) is 10.5 Å². The maximum Gasteiger partial charge on any atom is 0.128 e. The van der Waals surface area contributed by atoms with Crippen LogP contribution in [0.4, 0.5) is 4.39 Å². The lowest BCUT2D eigenvalue weighted by molar-refractivity contribution is 0.305. The highest BCUT2D eigenvalue weighted by atomic mass is 19.1. The van der Waals surface area contributed by atoms with Gasteiger partial charge in [-0.1, -0.05) is 42.5 Å². The van der Waals surface area contributed by atoms with Gasteiger partial charge in [0, 0.05) is 11.1 Å². The van der Waals surface area contributed by atoms with E-state index in [1.165, 1.54) is 12.1 Å². The zero-order valence-corrected chi connectivity index (χ0v) is 15.1. The molecule has 0 aliphatic heterocycles. The first kappa shape index (κ1) is 18.5. The van der Waals surface area contributed by atoms with Crippen LogP contribution >= 0.6 is 0 Å². The first-order valence-electron chi connectivity index (χ1n) is 8.60. The molecule has 0 heterocycles. The van der Waals surface area contributed by atoms with Crippen LogP contribution in [0.25, 0.3) is 0 Å². The van der Waals surface area contributed by atoms with Crippen LogP contribution in [0.5, 0.6) is 11.5 Å². The van der Waals surface area contributed by atoms with Gasteiger partial charge < -0.3 is 14.9 Å². The van der Waals surface area contributed by atoms with Crippen LogP contribution in [-0.4, -0.2) is 13.3 Å². The summed E-state index contributed by atoms with van der Waals surface area (Å²) in [5.41, 5.74) is 5.80. The van der Waals surface area contributed by atoms with E-state index >= 15 is 0 Å². The molecule has 0 amide bonds. The smallest absolute Gasteiger partial charge is 0.128 e. The average molecular weight is 364 g/mol. The second kappa shape index (κ2) is 9.38. The molecule has 0 bridgehead atoms. The first-order valence-corrected chi connectivity index (χ1v) is 8.60.